The summed E-state index contributed by atoms with van der Waals surface area (Å²) in [5.74, 6) is 1.39. The molecule has 1 amide bonds. The van der Waals surface area contributed by atoms with Gasteiger partial charge in [0.25, 0.3) is 0 Å². The Morgan fingerprint density at radius 3 is 2.75 bits per heavy atom. The van der Waals surface area contributed by atoms with Gasteiger partial charge in [0.2, 0.25) is 11.9 Å². The first-order valence-electron chi connectivity index (χ1n) is 5.66. The highest BCUT2D eigenvalue weighted by atomic mass is 19.1. The highest BCUT2D eigenvalue weighted by molar-refractivity contribution is 5.91. The zero-order valence-corrected chi connectivity index (χ0v) is 8.82. The Labute approximate surface area is 93.1 Å². The van der Waals surface area contributed by atoms with Crippen LogP contribution in [0.3, 0.4) is 0 Å². The van der Waals surface area contributed by atoms with E-state index in [1.807, 2.05) is 0 Å². The third-order valence-electron chi connectivity index (χ3n) is 3.58. The van der Waals surface area contributed by atoms with Crippen LogP contribution in [-0.2, 0) is 4.79 Å². The smallest absolute Gasteiger partial charge is 0.228 e. The number of carbonyl (C=O) groups excluding carboxylic acids is 1. The molecule has 0 aromatic carbocycles. The summed E-state index contributed by atoms with van der Waals surface area (Å²) >= 11 is 0. The van der Waals surface area contributed by atoms with Crippen LogP contribution in [0.25, 0.3) is 0 Å². The molecule has 84 valence electrons. The number of aromatic nitrogens is 1. The van der Waals surface area contributed by atoms with Crippen molar-refractivity contribution in [3.05, 3.63) is 24.1 Å². The minimum absolute atomic E-state index is 0.00898. The van der Waals surface area contributed by atoms with E-state index in [0.717, 1.165) is 24.7 Å². The Morgan fingerprint density at radius 1 is 1.31 bits per heavy atom. The first-order chi connectivity index (χ1) is 7.72. The van der Waals surface area contributed by atoms with E-state index in [1.165, 1.54) is 12.5 Å². The second-order valence-electron chi connectivity index (χ2n) is 4.76. The zero-order valence-electron chi connectivity index (χ0n) is 8.82. The van der Waals surface area contributed by atoms with Gasteiger partial charge in [-0.2, -0.15) is 4.39 Å². The van der Waals surface area contributed by atoms with Crippen LogP contribution in [0, 0.1) is 23.7 Å². The van der Waals surface area contributed by atoms with Crippen LogP contribution in [-0.4, -0.2) is 10.9 Å². The van der Waals surface area contributed by atoms with Gasteiger partial charge in [-0.1, -0.05) is 6.07 Å². The first kappa shape index (κ1) is 9.75. The minimum atomic E-state index is -0.563. The SMILES string of the molecule is O=C(Nc1cccc(F)n1)C1CC2CC2C1. The molecule has 1 N–H and O–H groups in total. The van der Waals surface area contributed by atoms with Gasteiger partial charge in [0, 0.05) is 5.92 Å². The number of hydrogen-bond acceptors (Lipinski definition) is 2. The molecule has 0 aliphatic heterocycles. The highest BCUT2D eigenvalue weighted by Gasteiger charge is 2.47. The Bertz CT molecular complexity index is 425. The van der Waals surface area contributed by atoms with E-state index in [2.05, 4.69) is 10.3 Å². The van der Waals surface area contributed by atoms with Gasteiger partial charge in [-0.15, -0.1) is 0 Å². The summed E-state index contributed by atoms with van der Waals surface area (Å²) in [6.45, 7) is 0. The third-order valence-corrected chi connectivity index (χ3v) is 3.58. The van der Waals surface area contributed by atoms with Gasteiger partial charge in [0.05, 0.1) is 0 Å². The number of carbonyl (C=O) groups is 1. The zero-order chi connectivity index (χ0) is 11.1. The monoisotopic (exact) mass is 220 g/mol. The molecule has 0 spiro atoms. The number of amides is 1. The van der Waals surface area contributed by atoms with E-state index in [4.69, 9.17) is 0 Å². The lowest BCUT2D eigenvalue weighted by Crippen LogP contribution is -2.22. The van der Waals surface area contributed by atoms with Crippen LogP contribution >= 0.6 is 0 Å². The number of nitrogens with zero attached hydrogens (tertiary/aromatic N) is 1. The van der Waals surface area contributed by atoms with Gasteiger partial charge < -0.3 is 5.32 Å². The van der Waals surface area contributed by atoms with Crippen LogP contribution < -0.4 is 5.32 Å². The molecule has 2 aliphatic carbocycles. The van der Waals surface area contributed by atoms with Crippen molar-refractivity contribution in [1.29, 1.82) is 0 Å². The summed E-state index contributed by atoms with van der Waals surface area (Å²) in [5, 5.41) is 2.68. The molecule has 0 saturated heterocycles. The molecule has 2 atom stereocenters. The molecular formula is C12H13FN2O. The van der Waals surface area contributed by atoms with Crippen molar-refractivity contribution in [3.8, 4) is 0 Å². The number of hydrogen-bond donors (Lipinski definition) is 1. The van der Waals surface area contributed by atoms with Gasteiger partial charge in [0.1, 0.15) is 5.82 Å². The highest BCUT2D eigenvalue weighted by Crippen LogP contribution is 2.54. The maximum atomic E-state index is 12.8. The molecule has 3 nitrogen and oxygen atoms in total. The van der Waals surface area contributed by atoms with Crippen molar-refractivity contribution in [3.63, 3.8) is 0 Å². The van der Waals surface area contributed by atoms with Crippen LogP contribution in [0.2, 0.25) is 0 Å². The molecule has 2 fully saturated rings. The van der Waals surface area contributed by atoms with E-state index in [9.17, 15) is 9.18 Å². The van der Waals surface area contributed by atoms with Crippen molar-refractivity contribution in [2.45, 2.75) is 19.3 Å². The van der Waals surface area contributed by atoms with E-state index >= 15 is 0 Å². The Kier molecular flexibility index (Phi) is 2.16. The number of fused-ring (bicyclic) bond motifs is 1. The van der Waals surface area contributed by atoms with Gasteiger partial charge in [0.15, 0.2) is 0 Å². The van der Waals surface area contributed by atoms with E-state index < -0.39 is 5.95 Å². The normalized spacial score (nSPS) is 30.9. The molecular weight excluding hydrogens is 207 g/mol. The van der Waals surface area contributed by atoms with Gasteiger partial charge >= 0.3 is 0 Å². The molecule has 1 heterocycles. The summed E-state index contributed by atoms with van der Waals surface area (Å²) in [6.07, 6.45) is 3.28. The predicted molar refractivity (Wildman–Crippen MR) is 57.1 cm³/mol. The average molecular weight is 220 g/mol. The van der Waals surface area contributed by atoms with Crippen LogP contribution in [0.1, 0.15) is 19.3 Å². The summed E-state index contributed by atoms with van der Waals surface area (Å²) in [5.41, 5.74) is 0. The van der Waals surface area contributed by atoms with E-state index in [1.54, 1.807) is 12.1 Å². The summed E-state index contributed by atoms with van der Waals surface area (Å²) in [6, 6.07) is 4.42. The molecule has 2 aliphatic rings. The molecule has 3 rings (SSSR count). The molecule has 0 bridgehead atoms. The topological polar surface area (TPSA) is 42.0 Å². The standard InChI is InChI=1S/C12H13FN2O/c13-10-2-1-3-11(14-10)15-12(16)9-5-7-4-8(7)6-9/h1-3,7-9H,4-6H2,(H,14,15,16). The molecule has 0 radical (unpaired) electrons. The minimum Gasteiger partial charge on any atom is -0.310 e. The fourth-order valence-electron chi connectivity index (χ4n) is 2.64. The van der Waals surface area contributed by atoms with Crippen molar-refractivity contribution in [1.82, 2.24) is 4.98 Å². The van der Waals surface area contributed by atoms with Crippen LogP contribution in [0.15, 0.2) is 18.2 Å². The van der Waals surface area contributed by atoms with Crippen LogP contribution in [0.5, 0.6) is 0 Å². The number of pyridine rings is 1. The van der Waals surface area contributed by atoms with Crippen molar-refractivity contribution in [2.75, 3.05) is 5.32 Å². The summed E-state index contributed by atoms with van der Waals surface area (Å²) in [4.78, 5) is 15.4. The van der Waals surface area contributed by atoms with Gasteiger partial charge in [-0.05, 0) is 43.2 Å². The number of rotatable bonds is 2. The van der Waals surface area contributed by atoms with Crippen LogP contribution in [0.4, 0.5) is 10.2 Å². The third kappa shape index (κ3) is 1.79. The fraction of sp³-hybridized carbons (Fsp3) is 0.500. The lowest BCUT2D eigenvalue weighted by molar-refractivity contribution is -0.120. The molecule has 1 aromatic rings. The quantitative estimate of drug-likeness (QED) is 0.776. The summed E-state index contributed by atoms with van der Waals surface area (Å²) in [7, 11) is 0. The van der Waals surface area contributed by atoms with Gasteiger partial charge in [-0.3, -0.25) is 4.79 Å². The number of nitrogens with one attached hydrogen (secondary N) is 1. The molecule has 2 saturated carbocycles. The molecule has 16 heavy (non-hydrogen) atoms. The molecule has 2 unspecified atom stereocenters. The maximum Gasteiger partial charge on any atom is 0.228 e. The second kappa shape index (κ2) is 3.54. The van der Waals surface area contributed by atoms with E-state index in [0.29, 0.717) is 5.82 Å². The second-order valence-corrected chi connectivity index (χ2v) is 4.76. The lowest BCUT2D eigenvalue weighted by atomic mass is 10.0. The van der Waals surface area contributed by atoms with Gasteiger partial charge in [-0.25, -0.2) is 4.98 Å². The van der Waals surface area contributed by atoms with Crippen molar-refractivity contribution >= 4 is 11.7 Å². The molecule has 1 aromatic heterocycles. The molecule has 4 heteroatoms. The first-order valence-corrected chi connectivity index (χ1v) is 5.66. The Morgan fingerprint density at radius 2 is 2.06 bits per heavy atom. The van der Waals surface area contributed by atoms with Crippen molar-refractivity contribution in [2.24, 2.45) is 17.8 Å². The van der Waals surface area contributed by atoms with E-state index in [-0.39, 0.29) is 11.8 Å². The predicted octanol–water partition coefficient (Wildman–Crippen LogP) is 2.21. The van der Waals surface area contributed by atoms with Crippen molar-refractivity contribution < 1.29 is 9.18 Å². The number of halogens is 1. The largest absolute Gasteiger partial charge is 0.310 e. The Hall–Kier alpha value is -1.45. The maximum absolute atomic E-state index is 12.8. The Balaban J connectivity index is 1.64. The number of anilines is 1. The fourth-order valence-corrected chi connectivity index (χ4v) is 2.64. The average Bonchev–Trinajstić information content (AvgIpc) is 2.86. The lowest BCUT2D eigenvalue weighted by Gasteiger charge is -2.11. The summed E-state index contributed by atoms with van der Waals surface area (Å²) < 4.78 is 12.8.